The summed E-state index contributed by atoms with van der Waals surface area (Å²) >= 11 is 1.73. The number of rotatable bonds is 5. The molecule has 1 aliphatic rings. The van der Waals surface area contributed by atoms with Gasteiger partial charge in [0.25, 0.3) is 0 Å². The molecule has 2 nitrogen and oxygen atoms in total. The van der Waals surface area contributed by atoms with Crippen molar-refractivity contribution in [2.75, 3.05) is 13.2 Å². The van der Waals surface area contributed by atoms with Crippen molar-refractivity contribution in [1.29, 1.82) is 0 Å². The van der Waals surface area contributed by atoms with E-state index in [9.17, 15) is 5.11 Å². The first-order chi connectivity index (χ1) is 6.81. The minimum atomic E-state index is 0.149. The van der Waals surface area contributed by atoms with Crippen LogP contribution in [0.3, 0.4) is 0 Å². The first kappa shape index (κ1) is 10.1. The molecule has 0 saturated heterocycles. The zero-order chi connectivity index (χ0) is 9.97. The molecule has 1 atom stereocenters. The second kappa shape index (κ2) is 4.43. The van der Waals surface area contributed by atoms with Crippen molar-refractivity contribution in [3.63, 3.8) is 0 Å². The Morgan fingerprint density at radius 2 is 2.43 bits per heavy atom. The quantitative estimate of drug-likeness (QED) is 0.781. The first-order valence-electron chi connectivity index (χ1n) is 5.19. The summed E-state index contributed by atoms with van der Waals surface area (Å²) in [6.07, 6.45) is 2.71. The largest absolute Gasteiger partial charge is 0.394 e. The molecule has 1 aliphatic carbocycles. The van der Waals surface area contributed by atoms with Crippen molar-refractivity contribution in [3.8, 4) is 0 Å². The monoisotopic (exact) mass is 211 g/mol. The van der Waals surface area contributed by atoms with E-state index in [0.717, 1.165) is 12.5 Å². The van der Waals surface area contributed by atoms with E-state index in [4.69, 9.17) is 0 Å². The number of aliphatic hydroxyl groups is 1. The molecule has 0 bridgehead atoms. The summed E-state index contributed by atoms with van der Waals surface area (Å²) in [5, 5.41) is 14.8. The minimum Gasteiger partial charge on any atom is -0.394 e. The predicted octanol–water partition coefficient (Wildman–Crippen LogP) is 2.09. The second-order valence-corrected chi connectivity index (χ2v) is 5.00. The van der Waals surface area contributed by atoms with Crippen LogP contribution in [0.25, 0.3) is 0 Å². The van der Waals surface area contributed by atoms with E-state index >= 15 is 0 Å². The fourth-order valence-electron chi connectivity index (χ4n) is 1.61. The maximum Gasteiger partial charge on any atom is 0.0652 e. The van der Waals surface area contributed by atoms with Crippen LogP contribution in [0.4, 0.5) is 0 Å². The van der Waals surface area contributed by atoms with Crippen molar-refractivity contribution in [2.24, 2.45) is 5.92 Å². The molecule has 1 aromatic heterocycles. The number of hydrogen-bond donors (Lipinski definition) is 2. The summed E-state index contributed by atoms with van der Waals surface area (Å²) in [6.45, 7) is 3.37. The van der Waals surface area contributed by atoms with Crippen LogP contribution >= 0.6 is 11.3 Å². The molecule has 1 heterocycles. The normalized spacial score (nSPS) is 18.4. The fraction of sp³-hybridized carbons (Fsp3) is 0.636. The van der Waals surface area contributed by atoms with Gasteiger partial charge >= 0.3 is 0 Å². The van der Waals surface area contributed by atoms with Crippen molar-refractivity contribution in [1.82, 2.24) is 5.32 Å². The Morgan fingerprint density at radius 3 is 2.93 bits per heavy atom. The Bertz CT molecular complexity index is 293. The van der Waals surface area contributed by atoms with Crippen LogP contribution in [0.15, 0.2) is 11.4 Å². The summed E-state index contributed by atoms with van der Waals surface area (Å²) in [4.78, 5) is 1.29. The summed E-state index contributed by atoms with van der Waals surface area (Å²) in [6, 6.07) is 2.26. The van der Waals surface area contributed by atoms with E-state index in [1.54, 1.807) is 11.3 Å². The Kier molecular flexibility index (Phi) is 3.21. The second-order valence-electron chi connectivity index (χ2n) is 4.05. The Morgan fingerprint density at radius 1 is 1.64 bits per heavy atom. The van der Waals surface area contributed by atoms with E-state index in [1.165, 1.54) is 23.3 Å². The summed E-state index contributed by atoms with van der Waals surface area (Å²) in [7, 11) is 0. The average Bonchev–Trinajstić information content (AvgIpc) is 2.92. The van der Waals surface area contributed by atoms with Crippen LogP contribution in [-0.2, 0) is 0 Å². The van der Waals surface area contributed by atoms with Gasteiger partial charge in [-0.25, -0.2) is 0 Å². The molecule has 0 aromatic carbocycles. The smallest absolute Gasteiger partial charge is 0.0652 e. The van der Waals surface area contributed by atoms with Gasteiger partial charge in [0.1, 0.15) is 0 Å². The number of aryl methyl sites for hydroxylation is 1. The number of thiophene rings is 1. The van der Waals surface area contributed by atoms with Crippen molar-refractivity contribution >= 4 is 11.3 Å². The van der Waals surface area contributed by atoms with Crippen molar-refractivity contribution in [2.45, 2.75) is 25.8 Å². The van der Waals surface area contributed by atoms with Gasteiger partial charge in [-0.15, -0.1) is 11.3 Å². The lowest BCUT2D eigenvalue weighted by molar-refractivity contribution is 0.245. The van der Waals surface area contributed by atoms with Crippen molar-refractivity contribution < 1.29 is 5.11 Å². The maximum atomic E-state index is 9.30. The number of aliphatic hydroxyl groups excluding tert-OH is 1. The van der Waals surface area contributed by atoms with E-state index < -0.39 is 0 Å². The Hall–Kier alpha value is -0.380. The van der Waals surface area contributed by atoms with Gasteiger partial charge in [0.2, 0.25) is 0 Å². The van der Waals surface area contributed by atoms with E-state index in [-0.39, 0.29) is 12.6 Å². The molecule has 14 heavy (non-hydrogen) atoms. The SMILES string of the molecule is Cc1ccsc1C(CO)NCC1CC1. The van der Waals surface area contributed by atoms with E-state index in [1.807, 2.05) is 0 Å². The van der Waals surface area contributed by atoms with Crippen LogP contribution < -0.4 is 5.32 Å². The predicted molar refractivity (Wildman–Crippen MR) is 59.6 cm³/mol. The van der Waals surface area contributed by atoms with Gasteiger partial charge < -0.3 is 10.4 Å². The summed E-state index contributed by atoms with van der Waals surface area (Å²) in [5.41, 5.74) is 1.29. The van der Waals surface area contributed by atoms with Gasteiger partial charge in [-0.2, -0.15) is 0 Å². The van der Waals surface area contributed by atoms with Gasteiger partial charge in [0, 0.05) is 4.88 Å². The molecule has 1 fully saturated rings. The highest BCUT2D eigenvalue weighted by Gasteiger charge is 2.23. The average molecular weight is 211 g/mol. The van der Waals surface area contributed by atoms with Crippen LogP contribution in [0, 0.1) is 12.8 Å². The maximum absolute atomic E-state index is 9.30. The topological polar surface area (TPSA) is 32.3 Å². The fourth-order valence-corrected chi connectivity index (χ4v) is 2.61. The molecule has 3 heteroatoms. The van der Waals surface area contributed by atoms with Gasteiger partial charge in [0.05, 0.1) is 12.6 Å². The molecule has 0 spiro atoms. The van der Waals surface area contributed by atoms with Crippen LogP contribution in [0.1, 0.15) is 29.3 Å². The lowest BCUT2D eigenvalue weighted by Gasteiger charge is -2.15. The molecule has 1 aromatic rings. The van der Waals surface area contributed by atoms with E-state index in [2.05, 4.69) is 23.7 Å². The first-order valence-corrected chi connectivity index (χ1v) is 6.07. The lowest BCUT2D eigenvalue weighted by atomic mass is 10.2. The molecule has 0 amide bonds. The molecule has 0 aliphatic heterocycles. The van der Waals surface area contributed by atoms with Crippen LogP contribution in [0.5, 0.6) is 0 Å². The van der Waals surface area contributed by atoms with E-state index in [0.29, 0.717) is 0 Å². The zero-order valence-electron chi connectivity index (χ0n) is 8.49. The molecule has 78 valence electrons. The third kappa shape index (κ3) is 2.35. The zero-order valence-corrected chi connectivity index (χ0v) is 9.31. The third-order valence-corrected chi connectivity index (χ3v) is 3.88. The molecule has 1 unspecified atom stereocenters. The molecule has 0 radical (unpaired) electrons. The minimum absolute atomic E-state index is 0.149. The number of nitrogens with one attached hydrogen (secondary N) is 1. The summed E-state index contributed by atoms with van der Waals surface area (Å²) in [5.74, 6) is 0.865. The molecular weight excluding hydrogens is 194 g/mol. The summed E-state index contributed by atoms with van der Waals surface area (Å²) < 4.78 is 0. The molecule has 2 N–H and O–H groups in total. The third-order valence-electron chi connectivity index (χ3n) is 2.75. The van der Waals surface area contributed by atoms with Gasteiger partial charge in [0.15, 0.2) is 0 Å². The molecule has 2 rings (SSSR count). The van der Waals surface area contributed by atoms with Crippen LogP contribution in [-0.4, -0.2) is 18.3 Å². The Labute approximate surface area is 89.0 Å². The molecule has 1 saturated carbocycles. The number of hydrogen-bond acceptors (Lipinski definition) is 3. The molecular formula is C11H17NOS. The highest BCUT2D eigenvalue weighted by atomic mass is 32.1. The van der Waals surface area contributed by atoms with Gasteiger partial charge in [-0.05, 0) is 49.2 Å². The Balaban J connectivity index is 1.93. The standard InChI is InChI=1S/C11H17NOS/c1-8-4-5-14-11(8)10(7-13)12-6-9-2-3-9/h4-5,9-10,12-13H,2-3,6-7H2,1H3. The van der Waals surface area contributed by atoms with Crippen LogP contribution in [0.2, 0.25) is 0 Å². The van der Waals surface area contributed by atoms with Crippen molar-refractivity contribution in [3.05, 3.63) is 21.9 Å². The lowest BCUT2D eigenvalue weighted by Crippen LogP contribution is -2.26. The highest BCUT2D eigenvalue weighted by molar-refractivity contribution is 7.10. The van der Waals surface area contributed by atoms with Gasteiger partial charge in [-0.3, -0.25) is 0 Å². The van der Waals surface area contributed by atoms with Gasteiger partial charge in [-0.1, -0.05) is 0 Å². The highest BCUT2D eigenvalue weighted by Crippen LogP contribution is 2.29.